The van der Waals surface area contributed by atoms with E-state index < -0.39 is 6.04 Å². The number of carbonyl (C=O) groups excluding carboxylic acids is 1. The Bertz CT molecular complexity index is 937. The molecule has 27 heavy (non-hydrogen) atoms. The van der Waals surface area contributed by atoms with Crippen molar-refractivity contribution < 1.29 is 9.18 Å². The zero-order chi connectivity index (χ0) is 19.7. The summed E-state index contributed by atoms with van der Waals surface area (Å²) in [4.78, 5) is 14.9. The first-order chi connectivity index (χ1) is 12.8. The number of nitrogens with one attached hydrogen (secondary N) is 2. The quantitative estimate of drug-likeness (QED) is 0.779. The van der Waals surface area contributed by atoms with E-state index in [1.807, 2.05) is 46.0 Å². The fraction of sp³-hybridized carbons (Fsp3) is 0.238. The second kappa shape index (κ2) is 7.48. The Balaban J connectivity index is 2.00. The van der Waals surface area contributed by atoms with Gasteiger partial charge in [0.1, 0.15) is 5.82 Å². The SMILES string of the molecule is CC1=C(C(=O)Nc2ccc(C)cc2C)[C@@H](c2ccc(F)cc2)NC(=S)N1C. The fourth-order valence-electron chi connectivity index (χ4n) is 3.18. The standard InChI is InChI=1S/C21H22FN3OS/c1-12-5-10-17(13(2)11-12)23-20(26)18-14(3)25(4)21(27)24-19(18)15-6-8-16(22)9-7-15/h5-11,19H,1-4H3,(H,23,26)(H,24,27)/t19-/m1/s1. The molecule has 0 spiro atoms. The lowest BCUT2D eigenvalue weighted by molar-refractivity contribution is -0.113. The largest absolute Gasteiger partial charge is 0.351 e. The number of hydrogen-bond donors (Lipinski definition) is 2. The van der Waals surface area contributed by atoms with Gasteiger partial charge in [-0.1, -0.05) is 29.8 Å². The molecule has 2 N–H and O–H groups in total. The number of anilines is 1. The Labute approximate surface area is 164 Å². The van der Waals surface area contributed by atoms with E-state index >= 15 is 0 Å². The van der Waals surface area contributed by atoms with Gasteiger partial charge in [-0.25, -0.2) is 4.39 Å². The summed E-state index contributed by atoms with van der Waals surface area (Å²) >= 11 is 5.39. The first-order valence-corrected chi connectivity index (χ1v) is 9.08. The number of nitrogens with zero attached hydrogens (tertiary/aromatic N) is 1. The first kappa shape index (κ1) is 19.0. The Morgan fingerprint density at radius 3 is 2.44 bits per heavy atom. The molecule has 1 aliphatic heterocycles. The summed E-state index contributed by atoms with van der Waals surface area (Å²) in [6, 6.07) is 11.5. The van der Waals surface area contributed by atoms with Crippen molar-refractivity contribution in [2.24, 2.45) is 0 Å². The summed E-state index contributed by atoms with van der Waals surface area (Å²) in [6.45, 7) is 5.83. The van der Waals surface area contributed by atoms with Gasteiger partial charge in [-0.15, -0.1) is 0 Å². The van der Waals surface area contributed by atoms with E-state index in [9.17, 15) is 9.18 Å². The van der Waals surface area contributed by atoms with E-state index in [-0.39, 0.29) is 11.7 Å². The number of carbonyl (C=O) groups is 1. The molecule has 1 heterocycles. The van der Waals surface area contributed by atoms with Gasteiger partial charge in [-0.05, 0) is 62.3 Å². The molecule has 2 aromatic carbocycles. The monoisotopic (exact) mass is 383 g/mol. The van der Waals surface area contributed by atoms with Crippen LogP contribution in [0.25, 0.3) is 0 Å². The smallest absolute Gasteiger partial charge is 0.255 e. The van der Waals surface area contributed by atoms with Crippen LogP contribution in [0.1, 0.15) is 29.7 Å². The second-order valence-electron chi connectivity index (χ2n) is 6.76. The maximum atomic E-state index is 13.3. The Hall–Kier alpha value is -2.73. The predicted molar refractivity (Wildman–Crippen MR) is 110 cm³/mol. The van der Waals surface area contributed by atoms with E-state index in [0.717, 1.165) is 28.1 Å². The average Bonchev–Trinajstić information content (AvgIpc) is 2.62. The topological polar surface area (TPSA) is 44.4 Å². The van der Waals surface area contributed by atoms with Gasteiger partial charge < -0.3 is 15.5 Å². The molecule has 1 aliphatic rings. The molecule has 0 saturated heterocycles. The molecule has 0 bridgehead atoms. The van der Waals surface area contributed by atoms with Gasteiger partial charge in [0, 0.05) is 18.4 Å². The van der Waals surface area contributed by atoms with Crippen LogP contribution in [0.15, 0.2) is 53.7 Å². The van der Waals surface area contributed by atoms with Gasteiger partial charge in [-0.2, -0.15) is 0 Å². The van der Waals surface area contributed by atoms with E-state index in [0.29, 0.717) is 10.7 Å². The third-order valence-corrected chi connectivity index (χ3v) is 5.22. The van der Waals surface area contributed by atoms with E-state index in [4.69, 9.17) is 12.2 Å². The summed E-state index contributed by atoms with van der Waals surface area (Å²) in [7, 11) is 1.82. The van der Waals surface area contributed by atoms with Crippen LogP contribution in [0.4, 0.5) is 10.1 Å². The Morgan fingerprint density at radius 2 is 1.81 bits per heavy atom. The third-order valence-electron chi connectivity index (χ3n) is 4.83. The zero-order valence-electron chi connectivity index (χ0n) is 15.8. The van der Waals surface area contributed by atoms with Gasteiger partial charge in [0.2, 0.25) is 0 Å². The lowest BCUT2D eigenvalue weighted by Gasteiger charge is -2.35. The molecule has 1 atom stereocenters. The van der Waals surface area contributed by atoms with Gasteiger partial charge in [0.05, 0.1) is 11.6 Å². The minimum absolute atomic E-state index is 0.212. The van der Waals surface area contributed by atoms with Crippen LogP contribution in [-0.4, -0.2) is 23.0 Å². The highest BCUT2D eigenvalue weighted by molar-refractivity contribution is 7.80. The molecular weight excluding hydrogens is 361 g/mol. The normalized spacial score (nSPS) is 17.0. The van der Waals surface area contributed by atoms with E-state index in [1.54, 1.807) is 17.0 Å². The molecule has 0 fully saturated rings. The molecule has 0 aliphatic carbocycles. The molecular formula is C21H22FN3OS. The molecule has 1 amide bonds. The number of allylic oxidation sites excluding steroid dienone is 1. The van der Waals surface area contributed by atoms with Crippen LogP contribution in [-0.2, 0) is 4.79 Å². The molecule has 140 valence electrons. The number of aryl methyl sites for hydroxylation is 2. The van der Waals surface area contributed by atoms with Crippen LogP contribution in [0.3, 0.4) is 0 Å². The van der Waals surface area contributed by atoms with Crippen molar-refractivity contribution in [2.45, 2.75) is 26.8 Å². The zero-order valence-corrected chi connectivity index (χ0v) is 16.6. The number of rotatable bonds is 3. The minimum Gasteiger partial charge on any atom is -0.351 e. The van der Waals surface area contributed by atoms with Crippen molar-refractivity contribution in [1.82, 2.24) is 10.2 Å². The van der Waals surface area contributed by atoms with Crippen molar-refractivity contribution in [1.29, 1.82) is 0 Å². The highest BCUT2D eigenvalue weighted by Gasteiger charge is 2.32. The number of hydrogen-bond acceptors (Lipinski definition) is 2. The van der Waals surface area contributed by atoms with Crippen LogP contribution in [0.5, 0.6) is 0 Å². The van der Waals surface area contributed by atoms with Gasteiger partial charge in [0.25, 0.3) is 5.91 Å². The summed E-state index contributed by atoms with van der Waals surface area (Å²) in [5.41, 5.74) is 4.98. The lowest BCUT2D eigenvalue weighted by Crippen LogP contribution is -2.46. The van der Waals surface area contributed by atoms with Gasteiger partial charge in [0.15, 0.2) is 5.11 Å². The van der Waals surface area contributed by atoms with Crippen LogP contribution < -0.4 is 10.6 Å². The molecule has 4 nitrogen and oxygen atoms in total. The number of benzene rings is 2. The maximum Gasteiger partial charge on any atom is 0.255 e. The highest BCUT2D eigenvalue weighted by Crippen LogP contribution is 2.31. The van der Waals surface area contributed by atoms with Crippen molar-refractivity contribution in [2.75, 3.05) is 12.4 Å². The summed E-state index contributed by atoms with van der Waals surface area (Å²) in [6.07, 6.45) is 0. The van der Waals surface area contributed by atoms with Crippen LogP contribution in [0.2, 0.25) is 0 Å². The summed E-state index contributed by atoms with van der Waals surface area (Å²) in [5, 5.41) is 6.71. The third kappa shape index (κ3) is 3.85. The Kier molecular flexibility index (Phi) is 5.28. The summed E-state index contributed by atoms with van der Waals surface area (Å²) < 4.78 is 13.3. The van der Waals surface area contributed by atoms with Crippen molar-refractivity contribution >= 4 is 28.9 Å². The van der Waals surface area contributed by atoms with E-state index in [1.165, 1.54) is 12.1 Å². The first-order valence-electron chi connectivity index (χ1n) is 8.67. The molecule has 0 aromatic heterocycles. The number of thiocarbonyl (C=S) groups is 1. The minimum atomic E-state index is -0.444. The summed E-state index contributed by atoms with van der Waals surface area (Å²) in [5.74, 6) is -0.535. The molecule has 0 saturated carbocycles. The fourth-order valence-corrected chi connectivity index (χ4v) is 3.43. The van der Waals surface area contributed by atoms with Crippen LogP contribution in [0, 0.1) is 19.7 Å². The predicted octanol–water partition coefficient (Wildman–Crippen LogP) is 4.22. The molecule has 0 unspecified atom stereocenters. The highest BCUT2D eigenvalue weighted by atomic mass is 32.1. The molecule has 3 rings (SSSR count). The van der Waals surface area contributed by atoms with Gasteiger partial charge >= 0.3 is 0 Å². The van der Waals surface area contributed by atoms with Crippen molar-refractivity contribution in [3.05, 3.63) is 76.2 Å². The second-order valence-corrected chi connectivity index (χ2v) is 7.15. The van der Waals surface area contributed by atoms with E-state index in [2.05, 4.69) is 10.6 Å². The Morgan fingerprint density at radius 1 is 1.15 bits per heavy atom. The number of halogens is 1. The number of amides is 1. The van der Waals surface area contributed by atoms with Crippen molar-refractivity contribution in [3.63, 3.8) is 0 Å². The maximum absolute atomic E-state index is 13.3. The van der Waals surface area contributed by atoms with Gasteiger partial charge in [-0.3, -0.25) is 4.79 Å². The molecule has 2 aromatic rings. The van der Waals surface area contributed by atoms with Crippen molar-refractivity contribution in [3.8, 4) is 0 Å². The average molecular weight is 383 g/mol. The van der Waals surface area contributed by atoms with Crippen LogP contribution >= 0.6 is 12.2 Å². The lowest BCUT2D eigenvalue weighted by atomic mass is 9.94. The molecule has 6 heteroatoms. The molecule has 0 radical (unpaired) electrons.